The third kappa shape index (κ3) is 1.96. The van der Waals surface area contributed by atoms with Crippen molar-refractivity contribution in [3.05, 3.63) is 65.7 Å². The van der Waals surface area contributed by atoms with Crippen LogP contribution < -0.4 is 5.32 Å². The van der Waals surface area contributed by atoms with Crippen molar-refractivity contribution in [2.45, 2.75) is 12.8 Å². The lowest BCUT2D eigenvalue weighted by molar-refractivity contribution is 0.102. The summed E-state index contributed by atoms with van der Waals surface area (Å²) < 4.78 is 0. The van der Waals surface area contributed by atoms with E-state index in [1.807, 2.05) is 12.1 Å². The second-order valence-corrected chi connectivity index (χ2v) is 5.16. The Hall–Kier alpha value is -2.75. The zero-order valence-electron chi connectivity index (χ0n) is 11.3. The van der Waals surface area contributed by atoms with Crippen LogP contribution in [0.25, 0.3) is 10.8 Å². The van der Waals surface area contributed by atoms with Crippen molar-refractivity contribution in [1.82, 2.24) is 9.97 Å². The van der Waals surface area contributed by atoms with E-state index < -0.39 is 0 Å². The highest BCUT2D eigenvalue weighted by molar-refractivity contribution is 6.09. The van der Waals surface area contributed by atoms with Crippen LogP contribution in [0.15, 0.2) is 48.9 Å². The van der Waals surface area contributed by atoms with Crippen molar-refractivity contribution >= 4 is 22.4 Å². The number of rotatable bonds is 2. The average molecular weight is 275 g/mol. The van der Waals surface area contributed by atoms with Gasteiger partial charge in [0.05, 0.1) is 6.20 Å². The molecule has 0 aliphatic heterocycles. The fourth-order valence-corrected chi connectivity index (χ4v) is 2.96. The van der Waals surface area contributed by atoms with Gasteiger partial charge < -0.3 is 5.32 Å². The van der Waals surface area contributed by atoms with Crippen LogP contribution in [0.1, 0.15) is 21.6 Å². The summed E-state index contributed by atoms with van der Waals surface area (Å²) in [6.07, 6.45) is 6.69. The lowest BCUT2D eigenvalue weighted by atomic mass is 10.0. The molecule has 1 aromatic heterocycles. The Morgan fingerprint density at radius 1 is 1.05 bits per heavy atom. The second kappa shape index (κ2) is 4.66. The van der Waals surface area contributed by atoms with E-state index in [0.717, 1.165) is 23.9 Å². The molecule has 0 saturated carbocycles. The molecule has 4 heteroatoms. The molecule has 102 valence electrons. The van der Waals surface area contributed by atoms with E-state index >= 15 is 0 Å². The molecule has 1 N–H and O–H groups in total. The predicted octanol–water partition coefficient (Wildman–Crippen LogP) is 2.98. The molecule has 1 aliphatic rings. The molecular formula is C17H13N3O. The number of hydrogen-bond donors (Lipinski definition) is 1. The third-order valence-electron chi connectivity index (χ3n) is 3.92. The zero-order chi connectivity index (χ0) is 14.2. The van der Waals surface area contributed by atoms with Gasteiger partial charge in [0, 0.05) is 23.5 Å². The quantitative estimate of drug-likeness (QED) is 0.782. The number of benzene rings is 2. The fourth-order valence-electron chi connectivity index (χ4n) is 2.96. The number of hydrogen-bond acceptors (Lipinski definition) is 3. The van der Waals surface area contributed by atoms with Gasteiger partial charge in [-0.05, 0) is 35.4 Å². The lowest BCUT2D eigenvalue weighted by Crippen LogP contribution is -2.14. The number of amides is 1. The maximum atomic E-state index is 12.2. The van der Waals surface area contributed by atoms with Gasteiger partial charge >= 0.3 is 0 Å². The Balaban J connectivity index is 1.77. The molecule has 0 saturated heterocycles. The maximum Gasteiger partial charge on any atom is 0.275 e. The smallest absolute Gasteiger partial charge is 0.275 e. The number of carbonyl (C=O) groups excluding carboxylic acids is 1. The van der Waals surface area contributed by atoms with Crippen LogP contribution in [-0.2, 0) is 12.8 Å². The largest absolute Gasteiger partial charge is 0.320 e. The Morgan fingerprint density at radius 3 is 2.71 bits per heavy atom. The molecule has 0 fully saturated rings. The van der Waals surface area contributed by atoms with Crippen LogP contribution in [0.5, 0.6) is 0 Å². The highest BCUT2D eigenvalue weighted by Crippen LogP contribution is 2.35. The highest BCUT2D eigenvalue weighted by atomic mass is 16.1. The molecule has 4 rings (SSSR count). The van der Waals surface area contributed by atoms with Crippen molar-refractivity contribution in [3.63, 3.8) is 0 Å². The first-order chi connectivity index (χ1) is 10.3. The maximum absolute atomic E-state index is 12.2. The number of anilines is 1. The Bertz CT molecular complexity index is 833. The Kier molecular flexibility index (Phi) is 2.67. The van der Waals surface area contributed by atoms with Gasteiger partial charge in [0.25, 0.3) is 5.91 Å². The number of carbonyl (C=O) groups is 1. The van der Waals surface area contributed by atoms with Crippen molar-refractivity contribution in [2.75, 3.05) is 5.32 Å². The molecule has 0 radical (unpaired) electrons. The summed E-state index contributed by atoms with van der Waals surface area (Å²) in [5.74, 6) is -0.234. The molecule has 0 atom stereocenters. The van der Waals surface area contributed by atoms with Crippen LogP contribution in [0.3, 0.4) is 0 Å². The minimum atomic E-state index is -0.234. The van der Waals surface area contributed by atoms with E-state index in [4.69, 9.17) is 0 Å². The molecule has 1 heterocycles. The predicted molar refractivity (Wildman–Crippen MR) is 81.3 cm³/mol. The summed E-state index contributed by atoms with van der Waals surface area (Å²) in [6, 6.07) is 10.3. The summed E-state index contributed by atoms with van der Waals surface area (Å²) in [4.78, 5) is 20.2. The first kappa shape index (κ1) is 12.0. The van der Waals surface area contributed by atoms with E-state index in [0.29, 0.717) is 5.69 Å². The fraction of sp³-hybridized carbons (Fsp3) is 0.118. The van der Waals surface area contributed by atoms with Gasteiger partial charge in [-0.15, -0.1) is 0 Å². The molecule has 2 aromatic carbocycles. The molecular weight excluding hydrogens is 262 g/mol. The van der Waals surface area contributed by atoms with Gasteiger partial charge in [-0.25, -0.2) is 4.98 Å². The standard InChI is InChI=1S/C17H13N3O/c21-17(15-10-18-8-9-19-15)20-14-7-6-12-5-4-11-2-1-3-13(14)16(11)12/h1-3,6-10H,4-5H2,(H,20,21). The molecule has 0 unspecified atom stereocenters. The minimum absolute atomic E-state index is 0.234. The monoisotopic (exact) mass is 275 g/mol. The van der Waals surface area contributed by atoms with Crippen molar-refractivity contribution < 1.29 is 4.79 Å². The van der Waals surface area contributed by atoms with E-state index in [2.05, 4.69) is 33.5 Å². The summed E-state index contributed by atoms with van der Waals surface area (Å²) >= 11 is 0. The molecule has 21 heavy (non-hydrogen) atoms. The van der Waals surface area contributed by atoms with Crippen LogP contribution in [0.2, 0.25) is 0 Å². The van der Waals surface area contributed by atoms with E-state index in [-0.39, 0.29) is 5.91 Å². The van der Waals surface area contributed by atoms with Gasteiger partial charge in [0.2, 0.25) is 0 Å². The van der Waals surface area contributed by atoms with Crippen LogP contribution in [0, 0.1) is 0 Å². The summed E-state index contributed by atoms with van der Waals surface area (Å²) in [6.45, 7) is 0. The highest BCUT2D eigenvalue weighted by Gasteiger charge is 2.17. The van der Waals surface area contributed by atoms with Crippen LogP contribution in [-0.4, -0.2) is 15.9 Å². The van der Waals surface area contributed by atoms with Gasteiger partial charge in [-0.3, -0.25) is 9.78 Å². The van der Waals surface area contributed by atoms with E-state index in [1.165, 1.54) is 28.9 Å². The van der Waals surface area contributed by atoms with Crippen molar-refractivity contribution in [3.8, 4) is 0 Å². The summed E-state index contributed by atoms with van der Waals surface area (Å²) in [5.41, 5.74) is 3.87. The second-order valence-electron chi connectivity index (χ2n) is 5.16. The number of aromatic nitrogens is 2. The molecule has 4 nitrogen and oxygen atoms in total. The lowest BCUT2D eigenvalue weighted by Gasteiger charge is -2.10. The van der Waals surface area contributed by atoms with E-state index in [1.54, 1.807) is 6.20 Å². The number of nitrogens with one attached hydrogen (secondary N) is 1. The first-order valence-corrected chi connectivity index (χ1v) is 6.94. The zero-order valence-corrected chi connectivity index (χ0v) is 11.3. The SMILES string of the molecule is O=C(Nc1ccc2c3c(cccc13)CC2)c1cnccn1. The normalized spacial score (nSPS) is 12.6. The third-order valence-corrected chi connectivity index (χ3v) is 3.92. The topological polar surface area (TPSA) is 54.9 Å². The minimum Gasteiger partial charge on any atom is -0.320 e. The van der Waals surface area contributed by atoms with E-state index in [9.17, 15) is 4.79 Å². The molecule has 3 aromatic rings. The van der Waals surface area contributed by atoms with Crippen LogP contribution in [0.4, 0.5) is 5.69 Å². The average Bonchev–Trinajstić information content (AvgIpc) is 2.96. The first-order valence-electron chi connectivity index (χ1n) is 6.94. The molecule has 0 bridgehead atoms. The van der Waals surface area contributed by atoms with Crippen molar-refractivity contribution in [2.24, 2.45) is 0 Å². The van der Waals surface area contributed by atoms with Gasteiger partial charge in [0.15, 0.2) is 0 Å². The molecule has 1 amide bonds. The Morgan fingerprint density at radius 2 is 1.90 bits per heavy atom. The molecule has 0 spiro atoms. The van der Waals surface area contributed by atoms with Crippen molar-refractivity contribution in [1.29, 1.82) is 0 Å². The molecule has 1 aliphatic carbocycles. The van der Waals surface area contributed by atoms with Gasteiger partial charge in [-0.2, -0.15) is 0 Å². The summed E-state index contributed by atoms with van der Waals surface area (Å²) in [7, 11) is 0. The van der Waals surface area contributed by atoms with Crippen LogP contribution >= 0.6 is 0 Å². The summed E-state index contributed by atoms with van der Waals surface area (Å²) in [5, 5.41) is 5.33. The number of nitrogens with zero attached hydrogens (tertiary/aromatic N) is 2. The van der Waals surface area contributed by atoms with Gasteiger partial charge in [-0.1, -0.05) is 24.3 Å². The number of aryl methyl sites for hydroxylation is 2. The Labute approximate surface area is 121 Å². The van der Waals surface area contributed by atoms with Gasteiger partial charge in [0.1, 0.15) is 5.69 Å².